The summed E-state index contributed by atoms with van der Waals surface area (Å²) in [7, 11) is -18.3. The number of Topliss-reactive ketones (excluding diaryl/α,β-unsaturated/α-hetero) is 1. The highest BCUT2D eigenvalue weighted by Gasteiger charge is 2.30. The van der Waals surface area contributed by atoms with Gasteiger partial charge in [0.25, 0.3) is 29.5 Å². The van der Waals surface area contributed by atoms with Crippen molar-refractivity contribution in [3.63, 3.8) is 0 Å². The van der Waals surface area contributed by atoms with Gasteiger partial charge in [-0.2, -0.15) is 20.1 Å². The number of hydrogen-bond donors (Lipinski definition) is 9. The van der Waals surface area contributed by atoms with Crippen LogP contribution in [0.5, 0.6) is 0 Å². The van der Waals surface area contributed by atoms with Crippen molar-refractivity contribution >= 4 is 168 Å². The molecule has 42 heteroatoms. The molecule has 0 saturated carbocycles. The van der Waals surface area contributed by atoms with Crippen LogP contribution in [-0.4, -0.2) is 167 Å². The van der Waals surface area contributed by atoms with Crippen LogP contribution in [0.4, 0.5) is 61.3 Å². The molecule has 1 saturated heterocycles. The van der Waals surface area contributed by atoms with Crippen LogP contribution in [0.15, 0.2) is 307 Å². The maximum Gasteiger partial charge on any atom is 0.257 e. The molecular weight excluding hydrogens is 1960 g/mol. The van der Waals surface area contributed by atoms with Crippen molar-refractivity contribution in [3.05, 3.63) is 363 Å². The van der Waals surface area contributed by atoms with Crippen molar-refractivity contribution in [2.75, 3.05) is 127 Å². The van der Waals surface area contributed by atoms with Gasteiger partial charge in [0.15, 0.2) is 5.78 Å². The Balaban J connectivity index is 0.000000203. The molecule has 1 fully saturated rings. The molecule has 1 aliphatic rings. The Morgan fingerprint density at radius 1 is 0.435 bits per heavy atom. The molecule has 718 valence electrons. The van der Waals surface area contributed by atoms with E-state index in [1.54, 1.807) is 231 Å². The van der Waals surface area contributed by atoms with Gasteiger partial charge >= 0.3 is 0 Å². The number of carbonyl (C=O) groups is 6. The van der Waals surface area contributed by atoms with E-state index in [9.17, 15) is 83.7 Å². The summed E-state index contributed by atoms with van der Waals surface area (Å²) in [4.78, 5) is 74.3. The molecule has 12 aromatic carbocycles. The van der Waals surface area contributed by atoms with Crippen LogP contribution in [0.2, 0.25) is 0 Å². The van der Waals surface area contributed by atoms with Gasteiger partial charge in [0.1, 0.15) is 5.82 Å². The minimum absolute atomic E-state index is 0.0505. The molecule has 34 nitrogen and oxygen atoms in total. The standard InChI is InChI=1S/C18H18FNO4S.C17H17N3O4S.2C16H15N3O3S.C15H16N2O3S.C14H13BrN2O3S/c19-16-7-5-14(6-8-16)17(21)13-15-3-1-2-4-18(15)25(22,23)20-9-11-24-12-10-20;1-24-10-11-25(22,23)20-16-5-3-2-4-15(16)17(21)19-14-8-6-13(12-18)7-9-14;1-19(23(2,21)22)15-6-4-3-5-14(15)16(20)18-13-9-7-12(11-17)8-10-13;1-23(21,22)19-15-5-3-2-4-14(15)16(20)18-13-8-6-12(7-9-13)10-11-17;1-2-21(19,20)17-14-11-7-6-10-13(14)15(18)16-12-8-4-3-5-9-12;1-21(19,20)17-13-5-3-2-4-12(13)14(18)16-11-8-6-10(15)7-9-11/h1-8H,9-13H2;2-9,20H,10-11H2,1H3,(H,19,21);3-10H,1-2H3,(H,18,20);2-9,19H,10H2,1H3,(H,18,20);3-11,17H,2H2,1H3,(H,16,18);2-9,17H,1H3,(H,16,18). The van der Waals surface area contributed by atoms with E-state index in [-0.39, 0.29) is 97.6 Å². The molecule has 0 radical (unpaired) electrons. The summed E-state index contributed by atoms with van der Waals surface area (Å²) in [6, 6.07) is 85.5. The number of benzene rings is 12. The summed E-state index contributed by atoms with van der Waals surface area (Å²) in [5, 5.41) is 39.7. The second-order valence-corrected chi connectivity index (χ2v) is 41.6. The fraction of sp³-hybridized carbons (Fsp3) is 0.156. The van der Waals surface area contributed by atoms with Gasteiger partial charge in [0, 0.05) is 72.1 Å². The summed E-state index contributed by atoms with van der Waals surface area (Å²) in [5.74, 6) is -3.02. The summed E-state index contributed by atoms with van der Waals surface area (Å²) in [5.41, 5.74) is 7.84. The van der Waals surface area contributed by atoms with Gasteiger partial charge in [-0.25, -0.2) is 54.9 Å². The molecule has 5 amide bonds. The predicted molar refractivity (Wildman–Crippen MR) is 534 cm³/mol. The normalized spacial score (nSPS) is 11.7. The minimum Gasteiger partial charge on any atom is -0.384 e. The van der Waals surface area contributed by atoms with E-state index in [2.05, 4.69) is 61.4 Å². The largest absolute Gasteiger partial charge is 0.384 e. The third-order valence-electron chi connectivity index (χ3n) is 19.0. The Morgan fingerprint density at radius 2 is 0.790 bits per heavy atom. The molecule has 12 aromatic rings. The number of nitrogens with zero attached hydrogens (tertiary/aromatic N) is 5. The van der Waals surface area contributed by atoms with Crippen molar-refractivity contribution in [2.24, 2.45) is 0 Å². The summed E-state index contributed by atoms with van der Waals surface area (Å²) >= 11 is 3.31. The molecule has 0 bridgehead atoms. The van der Waals surface area contributed by atoms with E-state index in [1.165, 1.54) is 86.1 Å². The zero-order chi connectivity index (χ0) is 101. The zero-order valence-electron chi connectivity index (χ0n) is 74.8. The second-order valence-electron chi connectivity index (χ2n) is 29.4. The van der Waals surface area contributed by atoms with Crippen molar-refractivity contribution in [1.82, 2.24) is 4.31 Å². The number of carbonyl (C=O) groups excluding carboxylic acids is 6. The molecule has 0 aliphatic carbocycles. The Labute approximate surface area is 808 Å². The SMILES string of the molecule is CCS(=O)(=O)Nc1ccccc1C(=O)Nc1ccccc1.CN(c1ccccc1C(=O)Nc1ccc(C#N)cc1)S(C)(=O)=O.COCCS(=O)(=O)Nc1ccccc1C(=O)Nc1ccc(C#N)cc1.CS(=O)(=O)Nc1ccccc1C(=O)Nc1ccc(Br)cc1.CS(=O)(=O)Nc1ccccc1C(=O)Nc1ccc(CC#N)cc1.O=C(Cc1ccccc1S(=O)(=O)N1CCOCC1)c1ccc(F)cc1. The number of amides is 5. The monoisotopic (exact) mass is 2050 g/mol. The molecule has 0 aromatic heterocycles. The molecule has 9 N–H and O–H groups in total. The van der Waals surface area contributed by atoms with Crippen molar-refractivity contribution in [3.8, 4) is 18.2 Å². The predicted octanol–water partition coefficient (Wildman–Crippen LogP) is 14.8. The Kier molecular flexibility index (Phi) is 40.6. The number of rotatable bonds is 30. The van der Waals surface area contributed by atoms with Crippen LogP contribution in [0.1, 0.15) is 91.3 Å². The number of morpholine rings is 1. The first-order chi connectivity index (χ1) is 65.5. The number of methoxy groups -OCH3 is 1. The third kappa shape index (κ3) is 35.4. The van der Waals surface area contributed by atoms with Gasteiger partial charge in [-0.3, -0.25) is 52.0 Å². The number of para-hydroxylation sites is 6. The summed E-state index contributed by atoms with van der Waals surface area (Å²) in [6.07, 6.45) is 3.37. The lowest BCUT2D eigenvalue weighted by Crippen LogP contribution is -2.41. The molecule has 1 aliphatic heterocycles. The van der Waals surface area contributed by atoms with Crippen LogP contribution < -0.4 is 49.8 Å². The molecule has 1 heterocycles. The average Bonchev–Trinajstić information content (AvgIpc) is 0.786. The van der Waals surface area contributed by atoms with Crippen molar-refractivity contribution in [2.45, 2.75) is 24.7 Å². The number of anilines is 10. The van der Waals surface area contributed by atoms with E-state index in [0.717, 1.165) is 33.1 Å². The Hall–Kier alpha value is -14.9. The number of hydrogen-bond acceptors (Lipinski definition) is 23. The Bertz CT molecular complexity index is 7170. The number of nitriles is 3. The second kappa shape index (κ2) is 51.7. The highest BCUT2D eigenvalue weighted by Crippen LogP contribution is 2.29. The molecule has 13 rings (SSSR count). The van der Waals surface area contributed by atoms with E-state index < -0.39 is 83.7 Å². The van der Waals surface area contributed by atoms with Gasteiger partial charge in [-0.15, -0.1) is 0 Å². The number of nitrogens with one attached hydrogen (secondary N) is 9. The first-order valence-electron chi connectivity index (χ1n) is 41.1. The summed E-state index contributed by atoms with van der Waals surface area (Å²) < 4.78 is 178. The van der Waals surface area contributed by atoms with Gasteiger partial charge in [-0.1, -0.05) is 125 Å². The molecule has 0 unspecified atom stereocenters. The number of sulfonamides is 6. The molecular formula is C96H94BrFN14O20S6. The van der Waals surface area contributed by atoms with Crippen LogP contribution in [0.25, 0.3) is 0 Å². The lowest BCUT2D eigenvalue weighted by atomic mass is 10.0. The van der Waals surface area contributed by atoms with E-state index in [0.29, 0.717) is 89.1 Å². The number of halogens is 2. The number of ketones is 1. The van der Waals surface area contributed by atoms with Gasteiger partial charge < -0.3 is 36.1 Å². The first-order valence-corrected chi connectivity index (χ1v) is 52.3. The van der Waals surface area contributed by atoms with Gasteiger partial charge in [-0.05, 0) is 206 Å². The minimum atomic E-state index is -3.69. The topological polar surface area (TPSA) is 512 Å². The quantitative estimate of drug-likeness (QED) is 0.0189. The lowest BCUT2D eigenvalue weighted by molar-refractivity contribution is 0.0730. The zero-order valence-corrected chi connectivity index (χ0v) is 81.2. The molecule has 138 heavy (non-hydrogen) atoms. The van der Waals surface area contributed by atoms with E-state index in [1.807, 2.05) is 24.3 Å². The van der Waals surface area contributed by atoms with Crippen LogP contribution in [0, 0.1) is 39.8 Å². The van der Waals surface area contributed by atoms with Crippen LogP contribution >= 0.6 is 15.9 Å². The maximum absolute atomic E-state index is 13.0. The van der Waals surface area contributed by atoms with E-state index in [4.69, 9.17) is 25.3 Å². The van der Waals surface area contributed by atoms with Gasteiger partial charge in [0.05, 0.1) is 147 Å². The van der Waals surface area contributed by atoms with Crippen LogP contribution in [-0.2, 0) is 82.5 Å². The van der Waals surface area contributed by atoms with Crippen LogP contribution in [0.3, 0.4) is 0 Å². The Morgan fingerprint density at radius 3 is 1.19 bits per heavy atom. The smallest absolute Gasteiger partial charge is 0.257 e. The third-order valence-corrected chi connectivity index (χ3v) is 26.4. The maximum atomic E-state index is 13.0. The highest BCUT2D eigenvalue weighted by atomic mass is 79.9. The van der Waals surface area contributed by atoms with Gasteiger partial charge in [0.2, 0.25) is 60.1 Å². The lowest BCUT2D eigenvalue weighted by Gasteiger charge is -2.26. The molecule has 0 atom stereocenters. The fourth-order valence-corrected chi connectivity index (χ4v) is 17.3. The average molecular weight is 2060 g/mol. The summed E-state index contributed by atoms with van der Waals surface area (Å²) in [6.45, 7) is 2.89. The fourth-order valence-electron chi connectivity index (χ4n) is 12.1. The number of ether oxygens (including phenoxy) is 2. The molecule has 0 spiro atoms. The first kappa shape index (κ1) is 108. The van der Waals surface area contributed by atoms with Crippen molar-refractivity contribution < 1.29 is 93.1 Å². The highest BCUT2D eigenvalue weighted by molar-refractivity contribution is 9.10. The van der Waals surface area contributed by atoms with Crippen molar-refractivity contribution in [1.29, 1.82) is 15.8 Å². The van der Waals surface area contributed by atoms with E-state index >= 15 is 0 Å².